The number of anilines is 1. The first-order valence-electron chi connectivity index (χ1n) is 8.06. The molecule has 2 amide bonds. The Hall–Kier alpha value is -3.52. The molecular formula is C16H15N5O7S2. The van der Waals surface area contributed by atoms with E-state index in [0.29, 0.717) is 4.70 Å². The maximum atomic E-state index is 12.9. The van der Waals surface area contributed by atoms with E-state index in [-0.39, 0.29) is 33.1 Å². The molecule has 158 valence electrons. The van der Waals surface area contributed by atoms with Gasteiger partial charge in [0.05, 0.1) is 21.3 Å². The fourth-order valence-corrected chi connectivity index (χ4v) is 5.12. The molecule has 0 aliphatic heterocycles. The van der Waals surface area contributed by atoms with E-state index in [9.17, 15) is 18.0 Å². The summed E-state index contributed by atoms with van der Waals surface area (Å²) in [4.78, 5) is 35.2. The van der Waals surface area contributed by atoms with Gasteiger partial charge in [-0.3, -0.25) is 5.32 Å². The van der Waals surface area contributed by atoms with Gasteiger partial charge in [-0.05, 0) is 6.07 Å². The molecule has 30 heavy (non-hydrogen) atoms. The zero-order valence-corrected chi connectivity index (χ0v) is 17.5. The van der Waals surface area contributed by atoms with Gasteiger partial charge in [-0.1, -0.05) is 18.2 Å². The molecule has 0 aliphatic carbocycles. The molecule has 14 heteroatoms. The number of benzene rings is 1. The molecule has 2 N–H and O–H groups in total. The van der Waals surface area contributed by atoms with Crippen molar-refractivity contribution in [2.24, 2.45) is 0 Å². The van der Waals surface area contributed by atoms with E-state index in [1.807, 2.05) is 4.72 Å². The number of sulfonamides is 1. The minimum absolute atomic E-state index is 0.156. The number of esters is 1. The molecular weight excluding hydrogens is 438 g/mol. The number of fused-ring (bicyclic) bond motifs is 1. The normalized spacial score (nSPS) is 11.0. The van der Waals surface area contributed by atoms with Crippen molar-refractivity contribution in [1.29, 1.82) is 0 Å². The topological polar surface area (TPSA) is 159 Å². The van der Waals surface area contributed by atoms with Crippen molar-refractivity contribution in [3.63, 3.8) is 0 Å². The summed E-state index contributed by atoms with van der Waals surface area (Å²) in [5, 5.41) is 2.43. The standard InChI is InChI=1S/C16H15N5O7S2/c1-26-12(22)10-11(8-6-4-5-7-9(8)29-10)30(24,25)21-14(23)17-13-18-15(27-2)20-16(19-13)28-3/h4-7H,1-3H3,(H2,17,18,19,20,21,23). The number of ether oxygens (including phenoxy) is 3. The maximum Gasteiger partial charge on any atom is 0.349 e. The number of rotatable bonds is 6. The Bertz CT molecular complexity index is 1200. The number of nitrogens with one attached hydrogen (secondary N) is 2. The summed E-state index contributed by atoms with van der Waals surface area (Å²) in [5.74, 6) is -1.15. The van der Waals surface area contributed by atoms with Gasteiger partial charge in [0.25, 0.3) is 10.0 Å². The molecule has 0 bridgehead atoms. The van der Waals surface area contributed by atoms with Crippen LogP contribution in [0.15, 0.2) is 29.2 Å². The SMILES string of the molecule is COC(=O)c1sc2ccccc2c1S(=O)(=O)NC(=O)Nc1nc(OC)nc(OC)n1. The van der Waals surface area contributed by atoms with E-state index in [1.54, 1.807) is 18.2 Å². The summed E-state index contributed by atoms with van der Waals surface area (Å²) in [6.45, 7) is 0. The summed E-state index contributed by atoms with van der Waals surface area (Å²) in [6, 6.07) is 4.99. The van der Waals surface area contributed by atoms with Crippen LogP contribution in [0.4, 0.5) is 10.7 Å². The first-order valence-corrected chi connectivity index (χ1v) is 10.4. The average Bonchev–Trinajstić information content (AvgIpc) is 3.12. The molecule has 3 rings (SSSR count). The van der Waals surface area contributed by atoms with Gasteiger partial charge in [-0.2, -0.15) is 9.97 Å². The van der Waals surface area contributed by atoms with Gasteiger partial charge in [0, 0.05) is 10.1 Å². The lowest BCUT2D eigenvalue weighted by Crippen LogP contribution is -2.35. The second kappa shape index (κ2) is 8.46. The quantitative estimate of drug-likeness (QED) is 0.522. The molecule has 0 fully saturated rings. The first kappa shape index (κ1) is 21.2. The number of carbonyl (C=O) groups is 2. The minimum atomic E-state index is -4.47. The van der Waals surface area contributed by atoms with Crippen LogP contribution < -0.4 is 19.5 Å². The van der Waals surface area contributed by atoms with Crippen molar-refractivity contribution >= 4 is 49.4 Å². The zero-order valence-electron chi connectivity index (χ0n) is 15.8. The third-order valence-corrected chi connectivity index (χ3v) is 6.30. The van der Waals surface area contributed by atoms with Crippen LogP contribution >= 0.6 is 11.3 Å². The van der Waals surface area contributed by atoms with Crippen molar-refractivity contribution in [2.75, 3.05) is 26.6 Å². The van der Waals surface area contributed by atoms with Gasteiger partial charge in [0.15, 0.2) is 0 Å². The van der Waals surface area contributed by atoms with Crippen LogP contribution in [0.1, 0.15) is 9.67 Å². The lowest BCUT2D eigenvalue weighted by atomic mass is 10.2. The van der Waals surface area contributed by atoms with Crippen molar-refractivity contribution in [3.05, 3.63) is 29.1 Å². The Balaban J connectivity index is 1.94. The van der Waals surface area contributed by atoms with Gasteiger partial charge in [0.2, 0.25) is 5.95 Å². The van der Waals surface area contributed by atoms with Crippen molar-refractivity contribution in [1.82, 2.24) is 19.7 Å². The van der Waals surface area contributed by atoms with Gasteiger partial charge < -0.3 is 14.2 Å². The minimum Gasteiger partial charge on any atom is -0.467 e. The highest BCUT2D eigenvalue weighted by Crippen LogP contribution is 2.35. The third kappa shape index (κ3) is 4.23. The Morgan fingerprint density at radius 1 is 1.00 bits per heavy atom. The lowest BCUT2D eigenvalue weighted by Gasteiger charge is -2.09. The Morgan fingerprint density at radius 3 is 2.23 bits per heavy atom. The van der Waals surface area contributed by atoms with Crippen LogP contribution in [0.2, 0.25) is 0 Å². The molecule has 0 aliphatic rings. The number of thiophene rings is 1. The number of methoxy groups -OCH3 is 3. The number of hydrogen-bond acceptors (Lipinski definition) is 11. The summed E-state index contributed by atoms with van der Waals surface area (Å²) < 4.78 is 42.6. The second-order valence-electron chi connectivity index (χ2n) is 5.44. The molecule has 0 saturated carbocycles. The molecule has 0 saturated heterocycles. The highest BCUT2D eigenvalue weighted by molar-refractivity contribution is 7.90. The number of amides is 2. The van der Waals surface area contributed by atoms with Crippen LogP contribution in [-0.4, -0.2) is 56.7 Å². The molecule has 0 unspecified atom stereocenters. The van der Waals surface area contributed by atoms with Crippen molar-refractivity contribution < 1.29 is 32.2 Å². The van der Waals surface area contributed by atoms with E-state index >= 15 is 0 Å². The highest BCUT2D eigenvalue weighted by atomic mass is 32.2. The van der Waals surface area contributed by atoms with Gasteiger partial charge in [-0.25, -0.2) is 22.7 Å². The molecule has 0 radical (unpaired) electrons. The van der Waals surface area contributed by atoms with E-state index < -0.39 is 22.0 Å². The monoisotopic (exact) mass is 453 g/mol. The van der Waals surface area contributed by atoms with E-state index in [1.165, 1.54) is 20.3 Å². The smallest absolute Gasteiger partial charge is 0.349 e. The third-order valence-electron chi connectivity index (χ3n) is 3.60. The molecule has 2 aromatic heterocycles. The largest absolute Gasteiger partial charge is 0.467 e. The predicted octanol–water partition coefficient (Wildman–Crippen LogP) is 1.40. The van der Waals surface area contributed by atoms with Crippen molar-refractivity contribution in [2.45, 2.75) is 4.90 Å². The number of aromatic nitrogens is 3. The zero-order chi connectivity index (χ0) is 21.9. The van der Waals surface area contributed by atoms with Crippen LogP contribution in [0.25, 0.3) is 10.1 Å². The summed E-state index contributed by atoms with van der Waals surface area (Å²) in [5.41, 5.74) is 0. The molecule has 2 heterocycles. The Labute approximate surface area is 174 Å². The van der Waals surface area contributed by atoms with Crippen LogP contribution in [-0.2, 0) is 14.8 Å². The van der Waals surface area contributed by atoms with Gasteiger partial charge in [0.1, 0.15) is 9.77 Å². The van der Waals surface area contributed by atoms with Crippen LogP contribution in [0.5, 0.6) is 12.0 Å². The summed E-state index contributed by atoms with van der Waals surface area (Å²) in [7, 11) is -0.755. The molecule has 0 spiro atoms. The van der Waals surface area contributed by atoms with Crippen LogP contribution in [0.3, 0.4) is 0 Å². The predicted molar refractivity (Wildman–Crippen MR) is 105 cm³/mol. The first-order chi connectivity index (χ1) is 14.3. The van der Waals surface area contributed by atoms with E-state index in [0.717, 1.165) is 18.4 Å². The Morgan fingerprint density at radius 2 is 1.63 bits per heavy atom. The average molecular weight is 453 g/mol. The number of nitrogens with zero attached hydrogens (tertiary/aromatic N) is 3. The number of hydrogen-bond donors (Lipinski definition) is 2. The summed E-state index contributed by atoms with van der Waals surface area (Å²) in [6.07, 6.45) is 0. The fourth-order valence-electron chi connectivity index (χ4n) is 2.39. The molecule has 0 atom stereocenters. The molecule has 12 nitrogen and oxygen atoms in total. The molecule has 1 aromatic carbocycles. The van der Waals surface area contributed by atoms with Gasteiger partial charge >= 0.3 is 24.0 Å². The maximum absolute atomic E-state index is 12.9. The van der Waals surface area contributed by atoms with E-state index in [2.05, 4.69) is 25.0 Å². The lowest BCUT2D eigenvalue weighted by molar-refractivity contribution is 0.0602. The summed E-state index contributed by atoms with van der Waals surface area (Å²) >= 11 is 0.933. The Kier molecular flexibility index (Phi) is 5.98. The van der Waals surface area contributed by atoms with E-state index in [4.69, 9.17) is 9.47 Å². The highest BCUT2D eigenvalue weighted by Gasteiger charge is 2.30. The van der Waals surface area contributed by atoms with Crippen LogP contribution in [0, 0.1) is 0 Å². The van der Waals surface area contributed by atoms with Gasteiger partial charge in [-0.15, -0.1) is 16.3 Å². The second-order valence-corrected chi connectivity index (χ2v) is 8.11. The fraction of sp³-hybridized carbons (Fsp3) is 0.188. The number of carbonyl (C=O) groups excluding carboxylic acids is 2. The number of urea groups is 1. The van der Waals surface area contributed by atoms with Crippen molar-refractivity contribution in [3.8, 4) is 12.0 Å². The molecule has 3 aromatic rings.